The molecule has 3 rings (SSSR count). The van der Waals surface area contributed by atoms with Gasteiger partial charge in [0.2, 0.25) is 0 Å². The molecule has 2 amide bonds. The highest BCUT2D eigenvalue weighted by Crippen LogP contribution is 2.20. The Bertz CT molecular complexity index is 847. The molecule has 0 radical (unpaired) electrons. The van der Waals surface area contributed by atoms with E-state index >= 15 is 0 Å². The SMILES string of the molecule is CCOC(=O)N1CCN(C(=O)c2c(C)cc(C)n2Cc2ccc(C)cc2)CC1. The first kappa shape index (κ1) is 20.0. The van der Waals surface area contributed by atoms with Gasteiger partial charge in [0.15, 0.2) is 0 Å². The van der Waals surface area contributed by atoms with E-state index in [-0.39, 0.29) is 12.0 Å². The van der Waals surface area contributed by atoms with Crippen LogP contribution in [0.4, 0.5) is 4.79 Å². The number of nitrogens with zero attached hydrogens (tertiary/aromatic N) is 3. The summed E-state index contributed by atoms with van der Waals surface area (Å²) < 4.78 is 7.15. The molecule has 1 saturated heterocycles. The Hall–Kier alpha value is -2.76. The maximum Gasteiger partial charge on any atom is 0.409 e. The van der Waals surface area contributed by atoms with Crippen molar-refractivity contribution in [2.75, 3.05) is 32.8 Å². The molecule has 1 aliphatic rings. The van der Waals surface area contributed by atoms with Crippen LogP contribution in [0.2, 0.25) is 0 Å². The summed E-state index contributed by atoms with van der Waals surface area (Å²) in [4.78, 5) is 28.7. The Kier molecular flexibility index (Phi) is 6.07. The van der Waals surface area contributed by atoms with Crippen molar-refractivity contribution in [2.24, 2.45) is 0 Å². The Balaban J connectivity index is 1.75. The number of amides is 2. The quantitative estimate of drug-likeness (QED) is 0.813. The summed E-state index contributed by atoms with van der Waals surface area (Å²) in [7, 11) is 0. The first-order chi connectivity index (χ1) is 13.4. The standard InChI is InChI=1S/C22H29N3O3/c1-5-28-22(27)24-12-10-23(11-13-24)21(26)20-17(3)14-18(4)25(20)15-19-8-6-16(2)7-9-19/h6-9,14H,5,10-13,15H2,1-4H3. The van der Waals surface area contributed by atoms with Crippen LogP contribution in [0.1, 0.15) is 39.8 Å². The van der Waals surface area contributed by atoms with E-state index in [2.05, 4.69) is 41.8 Å². The topological polar surface area (TPSA) is 54.8 Å². The van der Waals surface area contributed by atoms with E-state index in [9.17, 15) is 9.59 Å². The molecule has 0 unspecified atom stereocenters. The number of carbonyl (C=O) groups excluding carboxylic acids is 2. The summed E-state index contributed by atoms with van der Waals surface area (Å²) in [6, 6.07) is 10.5. The van der Waals surface area contributed by atoms with Crippen LogP contribution in [0.25, 0.3) is 0 Å². The van der Waals surface area contributed by atoms with Crippen LogP contribution in [0.5, 0.6) is 0 Å². The van der Waals surface area contributed by atoms with Crippen LogP contribution in [0.3, 0.4) is 0 Å². The van der Waals surface area contributed by atoms with Gasteiger partial charge in [-0.25, -0.2) is 4.79 Å². The van der Waals surface area contributed by atoms with Crippen molar-refractivity contribution < 1.29 is 14.3 Å². The summed E-state index contributed by atoms with van der Waals surface area (Å²) >= 11 is 0. The zero-order chi connectivity index (χ0) is 20.3. The first-order valence-electron chi connectivity index (χ1n) is 9.84. The van der Waals surface area contributed by atoms with Gasteiger partial charge in [0.05, 0.1) is 6.61 Å². The third kappa shape index (κ3) is 4.21. The fraction of sp³-hybridized carbons (Fsp3) is 0.455. The monoisotopic (exact) mass is 383 g/mol. The van der Waals surface area contributed by atoms with Gasteiger partial charge in [0, 0.05) is 38.4 Å². The Morgan fingerprint density at radius 2 is 1.57 bits per heavy atom. The number of hydrogen-bond acceptors (Lipinski definition) is 3. The number of aromatic nitrogens is 1. The molecule has 1 aliphatic heterocycles. The van der Waals surface area contributed by atoms with Crippen LogP contribution in [-0.2, 0) is 11.3 Å². The average Bonchev–Trinajstić information content (AvgIpc) is 2.96. The molecule has 28 heavy (non-hydrogen) atoms. The van der Waals surface area contributed by atoms with Crippen LogP contribution in [0, 0.1) is 20.8 Å². The van der Waals surface area contributed by atoms with Gasteiger partial charge in [-0.1, -0.05) is 29.8 Å². The van der Waals surface area contributed by atoms with E-state index in [4.69, 9.17) is 4.74 Å². The van der Waals surface area contributed by atoms with E-state index in [0.29, 0.717) is 39.3 Å². The molecule has 6 nitrogen and oxygen atoms in total. The van der Waals surface area contributed by atoms with Crippen molar-refractivity contribution >= 4 is 12.0 Å². The lowest BCUT2D eigenvalue weighted by Gasteiger charge is -2.34. The number of ether oxygens (including phenoxy) is 1. The smallest absolute Gasteiger partial charge is 0.409 e. The van der Waals surface area contributed by atoms with Crippen molar-refractivity contribution in [1.82, 2.24) is 14.4 Å². The largest absolute Gasteiger partial charge is 0.450 e. The number of hydrogen-bond donors (Lipinski definition) is 0. The summed E-state index contributed by atoms with van der Waals surface area (Å²) in [5.74, 6) is 0.0289. The molecule has 0 saturated carbocycles. The molecule has 2 heterocycles. The van der Waals surface area contributed by atoms with Gasteiger partial charge in [-0.15, -0.1) is 0 Å². The Morgan fingerprint density at radius 3 is 2.18 bits per heavy atom. The molecule has 2 aromatic rings. The highest BCUT2D eigenvalue weighted by Gasteiger charge is 2.28. The molecular formula is C22H29N3O3. The fourth-order valence-electron chi connectivity index (χ4n) is 3.67. The molecule has 1 aromatic heterocycles. The number of piperazine rings is 1. The van der Waals surface area contributed by atoms with E-state index in [1.807, 2.05) is 18.7 Å². The summed E-state index contributed by atoms with van der Waals surface area (Å²) in [5.41, 5.74) is 5.20. The zero-order valence-corrected chi connectivity index (χ0v) is 17.2. The minimum Gasteiger partial charge on any atom is -0.450 e. The van der Waals surface area contributed by atoms with E-state index < -0.39 is 0 Å². The second-order valence-corrected chi connectivity index (χ2v) is 7.37. The molecule has 1 fully saturated rings. The summed E-state index contributed by atoms with van der Waals surface area (Å²) in [6.07, 6.45) is -0.302. The average molecular weight is 383 g/mol. The molecule has 0 atom stereocenters. The lowest BCUT2D eigenvalue weighted by molar-refractivity contribution is 0.0561. The lowest BCUT2D eigenvalue weighted by atomic mass is 10.1. The van der Waals surface area contributed by atoms with Gasteiger partial charge in [-0.05, 0) is 44.9 Å². The fourth-order valence-corrected chi connectivity index (χ4v) is 3.67. The Morgan fingerprint density at radius 1 is 0.964 bits per heavy atom. The number of benzene rings is 1. The van der Waals surface area contributed by atoms with E-state index in [0.717, 1.165) is 17.0 Å². The Labute approximate surface area is 166 Å². The number of aryl methyl sites for hydroxylation is 3. The third-order valence-corrected chi connectivity index (χ3v) is 5.25. The van der Waals surface area contributed by atoms with Gasteiger partial charge in [0.1, 0.15) is 5.69 Å². The van der Waals surface area contributed by atoms with Gasteiger partial charge < -0.3 is 19.1 Å². The molecule has 0 N–H and O–H groups in total. The molecule has 0 aliphatic carbocycles. The second kappa shape index (κ2) is 8.50. The van der Waals surface area contributed by atoms with Gasteiger partial charge in [-0.3, -0.25) is 4.79 Å². The molecule has 1 aromatic carbocycles. The van der Waals surface area contributed by atoms with Crippen LogP contribution >= 0.6 is 0 Å². The highest BCUT2D eigenvalue weighted by molar-refractivity contribution is 5.94. The maximum absolute atomic E-state index is 13.3. The van der Waals surface area contributed by atoms with Crippen molar-refractivity contribution in [3.63, 3.8) is 0 Å². The van der Waals surface area contributed by atoms with Gasteiger partial charge in [-0.2, -0.15) is 0 Å². The second-order valence-electron chi connectivity index (χ2n) is 7.37. The van der Waals surface area contributed by atoms with Gasteiger partial charge in [0.25, 0.3) is 5.91 Å². The number of carbonyl (C=O) groups is 2. The van der Waals surface area contributed by atoms with Crippen molar-refractivity contribution in [1.29, 1.82) is 0 Å². The molecule has 6 heteroatoms. The van der Waals surface area contributed by atoms with Crippen molar-refractivity contribution in [3.8, 4) is 0 Å². The first-order valence-corrected chi connectivity index (χ1v) is 9.84. The molecule has 0 spiro atoms. The lowest BCUT2D eigenvalue weighted by Crippen LogP contribution is -2.51. The van der Waals surface area contributed by atoms with Gasteiger partial charge >= 0.3 is 6.09 Å². The summed E-state index contributed by atoms with van der Waals surface area (Å²) in [6.45, 7) is 11.0. The minimum absolute atomic E-state index is 0.0289. The van der Waals surface area contributed by atoms with Crippen LogP contribution < -0.4 is 0 Å². The normalized spacial score (nSPS) is 14.3. The zero-order valence-electron chi connectivity index (χ0n) is 17.2. The number of rotatable bonds is 4. The predicted octanol–water partition coefficient (Wildman–Crippen LogP) is 3.38. The third-order valence-electron chi connectivity index (χ3n) is 5.25. The van der Waals surface area contributed by atoms with Crippen molar-refractivity contribution in [3.05, 3.63) is 58.4 Å². The molecular weight excluding hydrogens is 354 g/mol. The molecule has 0 bridgehead atoms. The van der Waals surface area contributed by atoms with Crippen LogP contribution in [-0.4, -0.2) is 59.2 Å². The van der Waals surface area contributed by atoms with E-state index in [1.165, 1.54) is 11.1 Å². The minimum atomic E-state index is -0.302. The summed E-state index contributed by atoms with van der Waals surface area (Å²) in [5, 5.41) is 0. The predicted molar refractivity (Wildman–Crippen MR) is 109 cm³/mol. The van der Waals surface area contributed by atoms with Crippen LogP contribution in [0.15, 0.2) is 30.3 Å². The van der Waals surface area contributed by atoms with E-state index in [1.54, 1.807) is 11.8 Å². The molecule has 150 valence electrons. The van der Waals surface area contributed by atoms with Crippen molar-refractivity contribution in [2.45, 2.75) is 34.2 Å². The maximum atomic E-state index is 13.3. The highest BCUT2D eigenvalue weighted by atomic mass is 16.6.